The van der Waals surface area contributed by atoms with E-state index in [2.05, 4.69) is 4.90 Å². The molecule has 132 valence electrons. The Labute approximate surface area is 144 Å². The highest BCUT2D eigenvalue weighted by molar-refractivity contribution is 5.67. The van der Waals surface area contributed by atoms with E-state index in [9.17, 15) is 9.90 Å². The molecule has 2 fully saturated rings. The van der Waals surface area contributed by atoms with Gasteiger partial charge in [0.25, 0.3) is 0 Å². The molecule has 0 saturated carbocycles. The van der Waals surface area contributed by atoms with Crippen molar-refractivity contribution in [1.29, 1.82) is 0 Å². The fourth-order valence-corrected chi connectivity index (χ4v) is 3.80. The first-order valence-electron chi connectivity index (χ1n) is 9.07. The van der Waals surface area contributed by atoms with Gasteiger partial charge in [0.05, 0.1) is 0 Å². The van der Waals surface area contributed by atoms with E-state index in [4.69, 9.17) is 4.74 Å². The van der Waals surface area contributed by atoms with Gasteiger partial charge in [0.2, 0.25) is 0 Å². The molecule has 5 nitrogen and oxygen atoms in total. The fourth-order valence-electron chi connectivity index (χ4n) is 3.80. The highest BCUT2D eigenvalue weighted by Gasteiger charge is 2.30. The lowest BCUT2D eigenvalue weighted by molar-refractivity contribution is 0.0442. The summed E-state index contributed by atoms with van der Waals surface area (Å²) in [6, 6.07) is 10.3. The molecular weight excluding hydrogens is 304 g/mol. The topological polar surface area (TPSA) is 53.0 Å². The number of rotatable bonds is 4. The zero-order chi connectivity index (χ0) is 16.8. The Morgan fingerprint density at radius 2 is 1.88 bits per heavy atom. The monoisotopic (exact) mass is 332 g/mol. The van der Waals surface area contributed by atoms with Crippen LogP contribution in [0.3, 0.4) is 0 Å². The lowest BCUT2D eigenvalue weighted by atomic mass is 9.94. The van der Waals surface area contributed by atoms with Gasteiger partial charge in [-0.05, 0) is 43.7 Å². The maximum absolute atomic E-state index is 12.2. The number of carbonyl (C=O) groups is 1. The summed E-state index contributed by atoms with van der Waals surface area (Å²) in [5.74, 6) is 0.424. The number of hydrogen-bond donors (Lipinski definition) is 1. The van der Waals surface area contributed by atoms with Gasteiger partial charge < -0.3 is 14.7 Å². The van der Waals surface area contributed by atoms with Crippen molar-refractivity contribution in [2.75, 3.05) is 32.8 Å². The molecule has 0 bridgehead atoms. The van der Waals surface area contributed by atoms with Gasteiger partial charge in [-0.3, -0.25) is 4.90 Å². The summed E-state index contributed by atoms with van der Waals surface area (Å²) in [5.41, 5.74) is 1.02. The molecule has 2 aliphatic heterocycles. The van der Waals surface area contributed by atoms with Crippen LogP contribution in [0.4, 0.5) is 4.79 Å². The summed E-state index contributed by atoms with van der Waals surface area (Å²) in [6.45, 7) is 4.28. The first-order chi connectivity index (χ1) is 11.8. The number of ether oxygens (including phenoxy) is 1. The minimum atomic E-state index is -0.204. The van der Waals surface area contributed by atoms with E-state index in [-0.39, 0.29) is 6.09 Å². The van der Waals surface area contributed by atoms with Crippen LogP contribution < -0.4 is 0 Å². The Hall–Kier alpha value is -1.59. The third-order valence-electron chi connectivity index (χ3n) is 5.25. The molecule has 0 spiro atoms. The van der Waals surface area contributed by atoms with Gasteiger partial charge in [0.1, 0.15) is 6.61 Å². The Morgan fingerprint density at radius 1 is 1.12 bits per heavy atom. The number of carbonyl (C=O) groups excluding carboxylic acids is 1. The fraction of sp³-hybridized carbons (Fsp3) is 0.632. The van der Waals surface area contributed by atoms with Crippen LogP contribution in [0.5, 0.6) is 0 Å². The highest BCUT2D eigenvalue weighted by atomic mass is 16.6. The second-order valence-electron chi connectivity index (χ2n) is 6.94. The molecule has 1 aromatic rings. The van der Waals surface area contributed by atoms with Crippen molar-refractivity contribution >= 4 is 6.09 Å². The summed E-state index contributed by atoms with van der Waals surface area (Å²) in [4.78, 5) is 16.5. The predicted octanol–water partition coefficient (Wildman–Crippen LogP) is 2.49. The number of aliphatic hydroxyl groups excluding tert-OH is 1. The number of nitrogens with zero attached hydrogens (tertiary/aromatic N) is 2. The molecule has 1 aromatic carbocycles. The third-order valence-corrected chi connectivity index (χ3v) is 5.25. The average Bonchev–Trinajstić information content (AvgIpc) is 2.67. The van der Waals surface area contributed by atoms with E-state index in [1.807, 2.05) is 35.2 Å². The normalized spacial score (nSPS) is 23.2. The molecule has 1 atom stereocenters. The molecule has 1 amide bonds. The van der Waals surface area contributed by atoms with E-state index in [1.54, 1.807) is 0 Å². The first-order valence-corrected chi connectivity index (χ1v) is 9.07. The van der Waals surface area contributed by atoms with Crippen LogP contribution in [0.2, 0.25) is 0 Å². The van der Waals surface area contributed by atoms with Gasteiger partial charge in [-0.2, -0.15) is 0 Å². The van der Waals surface area contributed by atoms with Crippen LogP contribution in [0.1, 0.15) is 31.2 Å². The van der Waals surface area contributed by atoms with Gasteiger partial charge in [-0.1, -0.05) is 30.3 Å². The molecule has 24 heavy (non-hydrogen) atoms. The van der Waals surface area contributed by atoms with Crippen molar-refractivity contribution in [3.63, 3.8) is 0 Å². The maximum atomic E-state index is 12.2. The smallest absolute Gasteiger partial charge is 0.410 e. The van der Waals surface area contributed by atoms with Crippen LogP contribution in [-0.4, -0.2) is 59.8 Å². The molecule has 0 aliphatic carbocycles. The van der Waals surface area contributed by atoms with E-state index in [1.165, 1.54) is 6.42 Å². The van der Waals surface area contributed by atoms with Crippen LogP contribution in [0.25, 0.3) is 0 Å². The molecule has 1 N–H and O–H groups in total. The molecule has 0 aromatic heterocycles. The molecule has 2 heterocycles. The summed E-state index contributed by atoms with van der Waals surface area (Å²) < 4.78 is 5.42. The highest BCUT2D eigenvalue weighted by Crippen LogP contribution is 2.24. The van der Waals surface area contributed by atoms with Crippen LogP contribution in [0, 0.1) is 5.92 Å². The average molecular weight is 332 g/mol. The van der Waals surface area contributed by atoms with Crippen molar-refractivity contribution in [2.45, 2.75) is 38.3 Å². The standard InChI is InChI=1S/C19H28N2O3/c22-14-17-7-4-10-21(13-17)18-8-11-20(12-9-18)19(23)24-15-16-5-2-1-3-6-16/h1-3,5-6,17-18,22H,4,7-15H2/t17-/m1/s1. The van der Waals surface area contributed by atoms with Crippen LogP contribution >= 0.6 is 0 Å². The molecule has 0 unspecified atom stereocenters. The molecule has 3 rings (SSSR count). The number of benzene rings is 1. The summed E-state index contributed by atoms with van der Waals surface area (Å²) in [6.07, 6.45) is 4.10. The third kappa shape index (κ3) is 4.48. The van der Waals surface area contributed by atoms with Gasteiger partial charge >= 0.3 is 6.09 Å². The van der Waals surface area contributed by atoms with Gasteiger partial charge in [-0.15, -0.1) is 0 Å². The van der Waals surface area contributed by atoms with Crippen LogP contribution in [0.15, 0.2) is 30.3 Å². The maximum Gasteiger partial charge on any atom is 0.410 e. The Kier molecular flexibility index (Phi) is 6.10. The van der Waals surface area contributed by atoms with E-state index < -0.39 is 0 Å². The lowest BCUT2D eigenvalue weighted by Crippen LogP contribution is -2.50. The molecule has 0 radical (unpaired) electrons. The van der Waals surface area contributed by atoms with Crippen molar-refractivity contribution in [3.8, 4) is 0 Å². The van der Waals surface area contributed by atoms with Gasteiger partial charge in [-0.25, -0.2) is 4.79 Å². The van der Waals surface area contributed by atoms with Crippen molar-refractivity contribution in [3.05, 3.63) is 35.9 Å². The lowest BCUT2D eigenvalue weighted by Gasteiger charge is -2.41. The first kappa shape index (κ1) is 17.2. The Balaban J connectivity index is 1.42. The second kappa shape index (κ2) is 8.49. The molecule has 2 saturated heterocycles. The summed E-state index contributed by atoms with van der Waals surface area (Å²) in [5, 5.41) is 9.38. The van der Waals surface area contributed by atoms with Crippen LogP contribution in [-0.2, 0) is 11.3 Å². The summed E-state index contributed by atoms with van der Waals surface area (Å²) >= 11 is 0. The number of hydrogen-bond acceptors (Lipinski definition) is 4. The molecule has 2 aliphatic rings. The molecule has 5 heteroatoms. The Morgan fingerprint density at radius 3 is 2.58 bits per heavy atom. The minimum Gasteiger partial charge on any atom is -0.445 e. The largest absolute Gasteiger partial charge is 0.445 e. The SMILES string of the molecule is O=C(OCc1ccccc1)N1CCC(N2CCC[C@@H](CO)C2)CC1. The Bertz CT molecular complexity index is 515. The van der Waals surface area contributed by atoms with E-state index in [0.717, 1.165) is 51.0 Å². The summed E-state index contributed by atoms with van der Waals surface area (Å²) in [7, 11) is 0. The number of piperidine rings is 2. The van der Waals surface area contributed by atoms with Crippen molar-refractivity contribution < 1.29 is 14.6 Å². The number of aliphatic hydroxyl groups is 1. The molecular formula is C19H28N2O3. The van der Waals surface area contributed by atoms with E-state index in [0.29, 0.717) is 25.2 Å². The number of likely N-dealkylation sites (tertiary alicyclic amines) is 2. The van der Waals surface area contributed by atoms with Crippen molar-refractivity contribution in [1.82, 2.24) is 9.80 Å². The quantitative estimate of drug-likeness (QED) is 0.920. The zero-order valence-electron chi connectivity index (χ0n) is 14.3. The minimum absolute atomic E-state index is 0.204. The van der Waals surface area contributed by atoms with Crippen molar-refractivity contribution in [2.24, 2.45) is 5.92 Å². The number of amides is 1. The predicted molar refractivity (Wildman–Crippen MR) is 92.6 cm³/mol. The zero-order valence-corrected chi connectivity index (χ0v) is 14.3. The van der Waals surface area contributed by atoms with Gasteiger partial charge in [0.15, 0.2) is 0 Å². The van der Waals surface area contributed by atoms with E-state index >= 15 is 0 Å². The second-order valence-corrected chi connectivity index (χ2v) is 6.94. The van der Waals surface area contributed by atoms with Gasteiger partial charge in [0, 0.05) is 32.3 Å².